The molecule has 1 saturated heterocycles. The molecule has 0 atom stereocenters. The molecule has 2 rings (SSSR count). The molecule has 2 nitrogen and oxygen atoms in total. The molecule has 118 valence electrons. The molecule has 20 heavy (non-hydrogen) atoms. The highest BCUT2D eigenvalue weighted by Crippen LogP contribution is 2.36. The van der Waals surface area contributed by atoms with Crippen molar-refractivity contribution in [2.45, 2.75) is 96.2 Å². The van der Waals surface area contributed by atoms with Gasteiger partial charge in [0.2, 0.25) is 0 Å². The Morgan fingerprint density at radius 1 is 0.850 bits per heavy atom. The summed E-state index contributed by atoms with van der Waals surface area (Å²) in [6.07, 6.45) is 17.1. The number of hydrogen-bond donors (Lipinski definition) is 0. The van der Waals surface area contributed by atoms with Gasteiger partial charge in [-0.15, -0.1) is 0 Å². The van der Waals surface area contributed by atoms with Crippen LogP contribution in [0.15, 0.2) is 0 Å². The normalized spacial score (nSPS) is 23.2. The summed E-state index contributed by atoms with van der Waals surface area (Å²) in [5.41, 5.74) is 0. The Labute approximate surface area is 125 Å². The number of ether oxygens (including phenoxy) is 2. The second-order valence-corrected chi connectivity index (χ2v) is 6.81. The Morgan fingerprint density at radius 2 is 1.55 bits per heavy atom. The summed E-state index contributed by atoms with van der Waals surface area (Å²) in [4.78, 5) is 0. The molecule has 0 aromatic carbocycles. The van der Waals surface area contributed by atoms with E-state index in [2.05, 4.69) is 6.92 Å². The smallest absolute Gasteiger partial charge is 0.168 e. The molecule has 0 bridgehead atoms. The van der Waals surface area contributed by atoms with E-state index >= 15 is 0 Å². The van der Waals surface area contributed by atoms with Gasteiger partial charge in [0.1, 0.15) is 0 Å². The molecule has 2 fully saturated rings. The fraction of sp³-hybridized carbons (Fsp3) is 1.00. The summed E-state index contributed by atoms with van der Waals surface area (Å²) in [5.74, 6) is 0.730. The highest BCUT2D eigenvalue weighted by atomic mass is 16.7. The molecule has 1 saturated carbocycles. The SMILES string of the molecule is CCCCCCCC1(CCC2CCCC2)OCCCO1. The zero-order chi connectivity index (χ0) is 14.1. The minimum absolute atomic E-state index is 0.215. The molecular weight excluding hydrogens is 248 g/mol. The third kappa shape index (κ3) is 5.37. The minimum atomic E-state index is -0.215. The lowest BCUT2D eigenvalue weighted by Gasteiger charge is -2.38. The molecule has 0 amide bonds. The molecular formula is C18H34O2. The molecule has 1 aliphatic carbocycles. The van der Waals surface area contributed by atoms with Crippen LogP contribution in [0.5, 0.6) is 0 Å². The van der Waals surface area contributed by atoms with Crippen LogP contribution < -0.4 is 0 Å². The summed E-state index contributed by atoms with van der Waals surface area (Å²) in [6.45, 7) is 4.08. The van der Waals surface area contributed by atoms with Crippen LogP contribution in [0, 0.1) is 5.92 Å². The van der Waals surface area contributed by atoms with E-state index in [4.69, 9.17) is 9.47 Å². The van der Waals surface area contributed by atoms with Crippen molar-refractivity contribution in [1.29, 1.82) is 0 Å². The van der Waals surface area contributed by atoms with Gasteiger partial charge in [0, 0.05) is 12.8 Å². The summed E-state index contributed by atoms with van der Waals surface area (Å²) >= 11 is 0. The summed E-state index contributed by atoms with van der Waals surface area (Å²) in [7, 11) is 0. The quantitative estimate of drug-likeness (QED) is 0.523. The van der Waals surface area contributed by atoms with Crippen LogP contribution in [0.2, 0.25) is 0 Å². The molecule has 2 aliphatic rings. The van der Waals surface area contributed by atoms with E-state index < -0.39 is 0 Å². The average Bonchev–Trinajstić information content (AvgIpc) is 3.00. The third-order valence-corrected chi connectivity index (χ3v) is 5.09. The van der Waals surface area contributed by atoms with Crippen molar-refractivity contribution in [3.05, 3.63) is 0 Å². The Balaban J connectivity index is 1.71. The maximum absolute atomic E-state index is 6.11. The maximum Gasteiger partial charge on any atom is 0.168 e. The molecule has 1 heterocycles. The molecule has 0 radical (unpaired) electrons. The van der Waals surface area contributed by atoms with Crippen molar-refractivity contribution in [2.24, 2.45) is 5.92 Å². The monoisotopic (exact) mass is 282 g/mol. The van der Waals surface area contributed by atoms with E-state index in [-0.39, 0.29) is 5.79 Å². The van der Waals surface area contributed by atoms with Crippen LogP contribution in [-0.4, -0.2) is 19.0 Å². The van der Waals surface area contributed by atoms with Gasteiger partial charge in [0.05, 0.1) is 13.2 Å². The van der Waals surface area contributed by atoms with Gasteiger partial charge in [-0.1, -0.05) is 58.3 Å². The second-order valence-electron chi connectivity index (χ2n) is 6.81. The fourth-order valence-corrected chi connectivity index (χ4v) is 3.75. The lowest BCUT2D eigenvalue weighted by atomic mass is 9.94. The molecule has 2 heteroatoms. The van der Waals surface area contributed by atoms with Gasteiger partial charge in [-0.05, 0) is 25.2 Å². The minimum Gasteiger partial charge on any atom is -0.350 e. The van der Waals surface area contributed by atoms with Crippen LogP contribution in [0.4, 0.5) is 0 Å². The zero-order valence-corrected chi connectivity index (χ0v) is 13.5. The molecule has 0 aromatic rings. The average molecular weight is 282 g/mol. The van der Waals surface area contributed by atoms with Gasteiger partial charge in [0.15, 0.2) is 5.79 Å². The highest BCUT2D eigenvalue weighted by Gasteiger charge is 2.34. The van der Waals surface area contributed by atoms with Gasteiger partial charge in [-0.25, -0.2) is 0 Å². The van der Waals surface area contributed by atoms with Crippen LogP contribution in [0.1, 0.15) is 90.4 Å². The Kier molecular flexibility index (Phi) is 7.37. The molecule has 0 unspecified atom stereocenters. The Morgan fingerprint density at radius 3 is 2.25 bits per heavy atom. The first kappa shape index (κ1) is 16.3. The van der Waals surface area contributed by atoms with Crippen molar-refractivity contribution in [3.63, 3.8) is 0 Å². The van der Waals surface area contributed by atoms with Crippen molar-refractivity contribution in [2.75, 3.05) is 13.2 Å². The van der Waals surface area contributed by atoms with Crippen molar-refractivity contribution < 1.29 is 9.47 Å². The van der Waals surface area contributed by atoms with E-state index in [0.717, 1.165) is 38.4 Å². The van der Waals surface area contributed by atoms with E-state index in [1.54, 1.807) is 0 Å². The first-order valence-electron chi connectivity index (χ1n) is 9.12. The van der Waals surface area contributed by atoms with E-state index in [1.807, 2.05) is 0 Å². The molecule has 0 aromatic heterocycles. The summed E-state index contributed by atoms with van der Waals surface area (Å²) in [6, 6.07) is 0. The summed E-state index contributed by atoms with van der Waals surface area (Å²) < 4.78 is 12.2. The highest BCUT2D eigenvalue weighted by molar-refractivity contribution is 4.77. The predicted molar refractivity (Wildman–Crippen MR) is 83.8 cm³/mol. The molecule has 0 N–H and O–H groups in total. The molecule has 1 aliphatic heterocycles. The second kappa shape index (κ2) is 9.04. The van der Waals surface area contributed by atoms with E-state index in [9.17, 15) is 0 Å². The predicted octanol–water partition coefficient (Wildman–Crippen LogP) is 5.45. The topological polar surface area (TPSA) is 18.5 Å². The van der Waals surface area contributed by atoms with Crippen LogP contribution in [0.3, 0.4) is 0 Å². The van der Waals surface area contributed by atoms with Gasteiger partial charge in [-0.3, -0.25) is 0 Å². The van der Waals surface area contributed by atoms with Gasteiger partial charge in [-0.2, -0.15) is 0 Å². The maximum atomic E-state index is 6.11. The van der Waals surface area contributed by atoms with Crippen LogP contribution >= 0.6 is 0 Å². The van der Waals surface area contributed by atoms with Gasteiger partial charge < -0.3 is 9.47 Å². The number of unbranched alkanes of at least 4 members (excludes halogenated alkanes) is 4. The lowest BCUT2D eigenvalue weighted by Crippen LogP contribution is -2.41. The van der Waals surface area contributed by atoms with E-state index in [1.165, 1.54) is 64.2 Å². The largest absolute Gasteiger partial charge is 0.350 e. The number of rotatable bonds is 9. The fourth-order valence-electron chi connectivity index (χ4n) is 3.75. The first-order valence-corrected chi connectivity index (χ1v) is 9.12. The van der Waals surface area contributed by atoms with Crippen molar-refractivity contribution in [1.82, 2.24) is 0 Å². The van der Waals surface area contributed by atoms with Crippen LogP contribution in [0.25, 0.3) is 0 Å². The Hall–Kier alpha value is -0.0800. The van der Waals surface area contributed by atoms with Gasteiger partial charge >= 0.3 is 0 Å². The van der Waals surface area contributed by atoms with Crippen LogP contribution in [-0.2, 0) is 9.47 Å². The zero-order valence-electron chi connectivity index (χ0n) is 13.5. The van der Waals surface area contributed by atoms with E-state index in [0.29, 0.717) is 0 Å². The number of hydrogen-bond acceptors (Lipinski definition) is 2. The van der Waals surface area contributed by atoms with Crippen molar-refractivity contribution in [3.8, 4) is 0 Å². The lowest BCUT2D eigenvalue weighted by molar-refractivity contribution is -0.275. The summed E-state index contributed by atoms with van der Waals surface area (Å²) in [5, 5.41) is 0. The first-order chi connectivity index (χ1) is 9.85. The third-order valence-electron chi connectivity index (χ3n) is 5.09. The van der Waals surface area contributed by atoms with Crippen molar-refractivity contribution >= 4 is 0 Å². The standard InChI is InChI=1S/C18H34O2/c1-2-3-4-5-8-13-18(19-15-9-16-20-18)14-12-17-10-6-7-11-17/h17H,2-16H2,1H3. The Bertz CT molecular complexity index is 240. The van der Waals surface area contributed by atoms with Gasteiger partial charge in [0.25, 0.3) is 0 Å². The molecule has 0 spiro atoms.